The fourth-order valence-corrected chi connectivity index (χ4v) is 1.10. The lowest BCUT2D eigenvalue weighted by Crippen LogP contribution is -2.23. The highest BCUT2D eigenvalue weighted by Crippen LogP contribution is 2.11. The van der Waals surface area contributed by atoms with Crippen LogP contribution in [0.15, 0.2) is 11.1 Å². The topological polar surface area (TPSA) is 103 Å². The summed E-state index contributed by atoms with van der Waals surface area (Å²) < 4.78 is 13.8. The Morgan fingerprint density at radius 1 is 0.842 bits per heavy atom. The normalized spacial score (nSPS) is 8.95. The summed E-state index contributed by atoms with van der Waals surface area (Å²) >= 11 is 0. The Hall–Kier alpha value is -2.36. The average molecular weight is 269 g/mol. The van der Waals surface area contributed by atoms with Crippen molar-refractivity contribution in [3.63, 3.8) is 0 Å². The number of nitrogens with zero attached hydrogens (tertiary/aromatic N) is 1. The number of hydrogen-bond donors (Lipinski definition) is 0. The Morgan fingerprint density at radius 2 is 1.21 bits per heavy atom. The Bertz CT molecular complexity index is 412. The van der Waals surface area contributed by atoms with Crippen LogP contribution >= 0.6 is 0 Å². The minimum atomic E-state index is -1.09. The molecule has 7 heteroatoms. The lowest BCUT2D eigenvalue weighted by Gasteiger charge is -2.08. The molecule has 0 heterocycles. The van der Waals surface area contributed by atoms with Crippen molar-refractivity contribution in [1.29, 1.82) is 5.26 Å². The predicted octanol–water partition coefficient (Wildman–Crippen LogP) is 0.496. The van der Waals surface area contributed by atoms with Crippen LogP contribution in [0, 0.1) is 11.3 Å². The van der Waals surface area contributed by atoms with Crippen LogP contribution in [-0.2, 0) is 28.6 Å². The summed E-state index contributed by atoms with van der Waals surface area (Å²) in [4.78, 5) is 34.8. The molecule has 104 valence electrons. The maximum atomic E-state index is 11.6. The zero-order valence-electron chi connectivity index (χ0n) is 11.0. The van der Waals surface area contributed by atoms with Gasteiger partial charge >= 0.3 is 17.9 Å². The van der Waals surface area contributed by atoms with Crippen LogP contribution in [0.3, 0.4) is 0 Å². The van der Waals surface area contributed by atoms with Crippen LogP contribution in [0.4, 0.5) is 0 Å². The first-order valence-electron chi connectivity index (χ1n) is 5.69. The molecule has 0 spiro atoms. The predicted molar refractivity (Wildman–Crippen MR) is 62.5 cm³/mol. The van der Waals surface area contributed by atoms with Gasteiger partial charge in [-0.2, -0.15) is 5.26 Å². The molecule has 0 amide bonds. The second kappa shape index (κ2) is 8.69. The van der Waals surface area contributed by atoms with Crippen molar-refractivity contribution < 1.29 is 28.6 Å². The zero-order valence-corrected chi connectivity index (χ0v) is 11.0. The fraction of sp³-hybridized carbons (Fsp3) is 0.500. The molecule has 7 nitrogen and oxygen atoms in total. The van der Waals surface area contributed by atoms with Gasteiger partial charge in [0, 0.05) is 0 Å². The Morgan fingerprint density at radius 3 is 1.53 bits per heavy atom. The zero-order chi connectivity index (χ0) is 14.8. The molecule has 0 radical (unpaired) electrons. The lowest BCUT2D eigenvalue weighted by atomic mass is 10.1. The molecule has 0 fully saturated rings. The highest BCUT2D eigenvalue weighted by atomic mass is 16.6. The fourth-order valence-electron chi connectivity index (χ4n) is 1.10. The molecule has 0 aliphatic rings. The standard InChI is InChI=1S/C12H15NO6/c1-4-17-10(14)8(7-13)9(11(15)18-5-2)12(16)19-6-3/h4-6H2,1-3H3. The van der Waals surface area contributed by atoms with Crippen molar-refractivity contribution in [2.45, 2.75) is 20.8 Å². The van der Waals surface area contributed by atoms with Crippen molar-refractivity contribution in [1.82, 2.24) is 0 Å². The summed E-state index contributed by atoms with van der Waals surface area (Å²) in [5, 5.41) is 8.90. The van der Waals surface area contributed by atoms with E-state index in [0.717, 1.165) is 0 Å². The second-order valence-electron chi connectivity index (χ2n) is 3.02. The highest BCUT2D eigenvalue weighted by Gasteiger charge is 2.30. The molecule has 0 aliphatic heterocycles. The number of carbonyl (C=O) groups excluding carboxylic acids is 3. The smallest absolute Gasteiger partial charge is 0.350 e. The molecule has 0 bridgehead atoms. The van der Waals surface area contributed by atoms with E-state index in [2.05, 4.69) is 14.2 Å². The quantitative estimate of drug-likeness (QED) is 0.173. The average Bonchev–Trinajstić information content (AvgIpc) is 2.36. The summed E-state index contributed by atoms with van der Waals surface area (Å²) in [6.45, 7) is 4.56. The largest absolute Gasteiger partial charge is 0.462 e. The molecule has 0 aromatic heterocycles. The van der Waals surface area contributed by atoms with Crippen LogP contribution < -0.4 is 0 Å². The molecular weight excluding hydrogens is 254 g/mol. The van der Waals surface area contributed by atoms with E-state index in [-0.39, 0.29) is 19.8 Å². The van der Waals surface area contributed by atoms with E-state index in [1.165, 1.54) is 26.8 Å². The summed E-state index contributed by atoms with van der Waals surface area (Å²) in [5.74, 6) is -3.25. The highest BCUT2D eigenvalue weighted by molar-refractivity contribution is 6.20. The molecule has 0 aromatic carbocycles. The van der Waals surface area contributed by atoms with Crippen LogP contribution in [0.2, 0.25) is 0 Å². The van der Waals surface area contributed by atoms with Gasteiger partial charge in [-0.1, -0.05) is 0 Å². The lowest BCUT2D eigenvalue weighted by molar-refractivity contribution is -0.148. The van der Waals surface area contributed by atoms with Gasteiger partial charge in [0.15, 0.2) is 11.1 Å². The maximum absolute atomic E-state index is 11.6. The molecule has 0 rings (SSSR count). The number of ether oxygens (including phenoxy) is 3. The monoisotopic (exact) mass is 269 g/mol. The molecule has 19 heavy (non-hydrogen) atoms. The van der Waals surface area contributed by atoms with E-state index < -0.39 is 29.1 Å². The summed E-state index contributed by atoms with van der Waals surface area (Å²) in [6, 6.07) is 1.47. The SMILES string of the molecule is CCOC(=O)C(C#N)=C(C(=O)OCC)C(=O)OCC. The maximum Gasteiger partial charge on any atom is 0.350 e. The van der Waals surface area contributed by atoms with E-state index in [9.17, 15) is 14.4 Å². The molecule has 0 N–H and O–H groups in total. The van der Waals surface area contributed by atoms with Crippen molar-refractivity contribution in [3.8, 4) is 6.07 Å². The number of esters is 3. The van der Waals surface area contributed by atoms with Gasteiger partial charge in [0.2, 0.25) is 0 Å². The first kappa shape index (κ1) is 16.6. The Labute approximate surface area is 110 Å². The summed E-state index contributed by atoms with van der Waals surface area (Å²) in [5.41, 5.74) is -1.47. The van der Waals surface area contributed by atoms with Crippen molar-refractivity contribution >= 4 is 17.9 Å². The van der Waals surface area contributed by atoms with Crippen molar-refractivity contribution in [3.05, 3.63) is 11.1 Å². The van der Waals surface area contributed by atoms with Crippen LogP contribution in [0.1, 0.15) is 20.8 Å². The molecular formula is C12H15NO6. The van der Waals surface area contributed by atoms with Crippen LogP contribution in [0.5, 0.6) is 0 Å². The van der Waals surface area contributed by atoms with Crippen molar-refractivity contribution in [2.24, 2.45) is 0 Å². The van der Waals surface area contributed by atoms with Gasteiger partial charge in [-0.25, -0.2) is 14.4 Å². The van der Waals surface area contributed by atoms with Gasteiger partial charge in [-0.05, 0) is 20.8 Å². The molecule has 0 aromatic rings. The van der Waals surface area contributed by atoms with Crippen LogP contribution in [-0.4, -0.2) is 37.7 Å². The third kappa shape index (κ3) is 4.79. The van der Waals surface area contributed by atoms with Gasteiger partial charge in [-0.3, -0.25) is 0 Å². The van der Waals surface area contributed by atoms with Crippen molar-refractivity contribution in [2.75, 3.05) is 19.8 Å². The molecule has 0 aliphatic carbocycles. The van der Waals surface area contributed by atoms with E-state index in [0.29, 0.717) is 0 Å². The van der Waals surface area contributed by atoms with Gasteiger partial charge < -0.3 is 14.2 Å². The molecule has 0 unspecified atom stereocenters. The number of hydrogen-bond acceptors (Lipinski definition) is 7. The minimum Gasteiger partial charge on any atom is -0.462 e. The first-order valence-corrected chi connectivity index (χ1v) is 5.69. The second-order valence-corrected chi connectivity index (χ2v) is 3.02. The Balaban J connectivity index is 5.62. The molecule has 0 atom stereocenters. The summed E-state index contributed by atoms with van der Waals surface area (Å²) in [6.07, 6.45) is 0. The van der Waals surface area contributed by atoms with E-state index >= 15 is 0 Å². The minimum absolute atomic E-state index is 0.00292. The third-order valence-corrected chi connectivity index (χ3v) is 1.80. The van der Waals surface area contributed by atoms with E-state index in [1.807, 2.05) is 0 Å². The van der Waals surface area contributed by atoms with E-state index in [4.69, 9.17) is 5.26 Å². The van der Waals surface area contributed by atoms with Gasteiger partial charge in [0.1, 0.15) is 6.07 Å². The molecule has 0 saturated carbocycles. The first-order chi connectivity index (χ1) is 9.03. The van der Waals surface area contributed by atoms with Crippen LogP contribution in [0.25, 0.3) is 0 Å². The number of rotatable bonds is 6. The summed E-state index contributed by atoms with van der Waals surface area (Å²) in [7, 11) is 0. The number of carbonyl (C=O) groups is 3. The number of nitriles is 1. The van der Waals surface area contributed by atoms with Gasteiger partial charge in [0.05, 0.1) is 19.8 Å². The third-order valence-electron chi connectivity index (χ3n) is 1.80. The van der Waals surface area contributed by atoms with Gasteiger partial charge in [0.25, 0.3) is 0 Å². The Kier molecular flexibility index (Phi) is 7.61. The van der Waals surface area contributed by atoms with Gasteiger partial charge in [-0.15, -0.1) is 0 Å². The van der Waals surface area contributed by atoms with E-state index in [1.54, 1.807) is 0 Å². The molecule has 0 saturated heterocycles.